The van der Waals surface area contributed by atoms with Crippen molar-refractivity contribution in [2.75, 3.05) is 13.7 Å². The summed E-state index contributed by atoms with van der Waals surface area (Å²) in [5, 5.41) is 0. The quantitative estimate of drug-likeness (QED) is 0.748. The molecule has 94 valence electrons. The van der Waals surface area contributed by atoms with Gasteiger partial charge in [0.2, 0.25) is 5.88 Å². The third-order valence-corrected chi connectivity index (χ3v) is 2.43. The molecule has 0 amide bonds. The monoisotopic (exact) mass is 238 g/mol. The molecule has 0 unspecified atom stereocenters. The van der Waals surface area contributed by atoms with E-state index in [1.807, 2.05) is 27.7 Å². The number of hydrogen-bond acceptors (Lipinski definition) is 5. The van der Waals surface area contributed by atoms with Gasteiger partial charge < -0.3 is 9.47 Å². The zero-order valence-electron chi connectivity index (χ0n) is 10.9. The molecule has 0 N–H and O–H groups in total. The second kappa shape index (κ2) is 5.61. The molecule has 0 aliphatic carbocycles. The molecule has 0 bridgehead atoms. The average molecular weight is 238 g/mol. The molecule has 0 atom stereocenters. The Hall–Kier alpha value is -1.65. The molecular formula is C12H18N2O3. The lowest BCUT2D eigenvalue weighted by atomic mass is 10.2. The van der Waals surface area contributed by atoms with E-state index in [-0.39, 0.29) is 12.5 Å². The molecule has 5 nitrogen and oxygen atoms in total. The standard InChI is InChI=1S/C12H18N2O3/c1-7(2)11-13-9(4)8(3)12(14-11)17-6-10(15)16-5/h7H,6H2,1-5H3. The van der Waals surface area contributed by atoms with Gasteiger partial charge in [-0.2, -0.15) is 4.98 Å². The number of nitrogens with zero attached hydrogens (tertiary/aromatic N) is 2. The molecule has 1 aromatic rings. The van der Waals surface area contributed by atoms with E-state index in [9.17, 15) is 4.79 Å². The predicted molar refractivity (Wildman–Crippen MR) is 63.1 cm³/mol. The highest BCUT2D eigenvalue weighted by Gasteiger charge is 2.12. The van der Waals surface area contributed by atoms with Crippen LogP contribution in [0.3, 0.4) is 0 Å². The van der Waals surface area contributed by atoms with Crippen molar-refractivity contribution in [3.05, 3.63) is 17.1 Å². The molecule has 1 rings (SSSR count). The molecule has 1 aromatic heterocycles. The van der Waals surface area contributed by atoms with Gasteiger partial charge in [0.25, 0.3) is 0 Å². The third kappa shape index (κ3) is 3.41. The minimum Gasteiger partial charge on any atom is -0.466 e. The number of rotatable bonds is 4. The number of methoxy groups -OCH3 is 1. The zero-order valence-corrected chi connectivity index (χ0v) is 10.9. The fourth-order valence-corrected chi connectivity index (χ4v) is 1.21. The average Bonchev–Trinajstić information content (AvgIpc) is 2.30. The van der Waals surface area contributed by atoms with Crippen LogP contribution in [0, 0.1) is 13.8 Å². The second-order valence-corrected chi connectivity index (χ2v) is 4.12. The normalized spacial score (nSPS) is 10.5. The lowest BCUT2D eigenvalue weighted by molar-refractivity contribution is -0.143. The van der Waals surface area contributed by atoms with Gasteiger partial charge in [0.15, 0.2) is 6.61 Å². The fourth-order valence-electron chi connectivity index (χ4n) is 1.21. The van der Waals surface area contributed by atoms with E-state index in [0.717, 1.165) is 11.3 Å². The minimum atomic E-state index is -0.424. The SMILES string of the molecule is COC(=O)COc1nc(C(C)C)nc(C)c1C. The van der Waals surface area contributed by atoms with Crippen LogP contribution < -0.4 is 4.74 Å². The number of ether oxygens (including phenoxy) is 2. The highest BCUT2D eigenvalue weighted by Crippen LogP contribution is 2.20. The lowest BCUT2D eigenvalue weighted by Gasteiger charge is -2.12. The van der Waals surface area contributed by atoms with Gasteiger partial charge in [-0.1, -0.05) is 13.8 Å². The molecule has 0 saturated carbocycles. The molecule has 1 heterocycles. The van der Waals surface area contributed by atoms with Gasteiger partial charge in [0, 0.05) is 17.2 Å². The molecule has 0 fully saturated rings. The Balaban J connectivity index is 2.93. The first kappa shape index (κ1) is 13.4. The summed E-state index contributed by atoms with van der Waals surface area (Å²) < 4.78 is 9.85. The number of esters is 1. The van der Waals surface area contributed by atoms with Gasteiger partial charge in [0.1, 0.15) is 5.82 Å². The van der Waals surface area contributed by atoms with Crippen molar-refractivity contribution in [2.45, 2.75) is 33.6 Å². The molecular weight excluding hydrogens is 220 g/mol. The van der Waals surface area contributed by atoms with E-state index < -0.39 is 5.97 Å². The van der Waals surface area contributed by atoms with Crippen LogP contribution in [0.1, 0.15) is 36.8 Å². The topological polar surface area (TPSA) is 61.3 Å². The van der Waals surface area contributed by atoms with E-state index in [0.29, 0.717) is 11.7 Å². The van der Waals surface area contributed by atoms with Crippen LogP contribution in [-0.4, -0.2) is 29.7 Å². The van der Waals surface area contributed by atoms with Crippen LogP contribution in [-0.2, 0) is 9.53 Å². The number of carbonyl (C=O) groups is 1. The van der Waals surface area contributed by atoms with E-state index in [2.05, 4.69) is 14.7 Å². The molecule has 0 aliphatic rings. The number of carbonyl (C=O) groups excluding carboxylic acids is 1. The van der Waals surface area contributed by atoms with E-state index in [4.69, 9.17) is 4.74 Å². The van der Waals surface area contributed by atoms with Gasteiger partial charge in [-0.15, -0.1) is 0 Å². The highest BCUT2D eigenvalue weighted by molar-refractivity contribution is 5.70. The molecule has 0 saturated heterocycles. The number of aryl methyl sites for hydroxylation is 1. The summed E-state index contributed by atoms with van der Waals surface area (Å²) in [7, 11) is 1.32. The Morgan fingerprint density at radius 2 is 1.94 bits per heavy atom. The van der Waals surface area contributed by atoms with E-state index >= 15 is 0 Å². The second-order valence-electron chi connectivity index (χ2n) is 4.12. The van der Waals surface area contributed by atoms with Crippen LogP contribution >= 0.6 is 0 Å². The van der Waals surface area contributed by atoms with Crippen molar-refractivity contribution in [2.24, 2.45) is 0 Å². The smallest absolute Gasteiger partial charge is 0.343 e. The maximum atomic E-state index is 11.0. The molecule has 0 radical (unpaired) electrons. The van der Waals surface area contributed by atoms with Gasteiger partial charge in [-0.25, -0.2) is 9.78 Å². The lowest BCUT2D eigenvalue weighted by Crippen LogP contribution is -2.15. The first-order valence-electron chi connectivity index (χ1n) is 5.50. The fraction of sp³-hybridized carbons (Fsp3) is 0.583. The summed E-state index contributed by atoms with van der Waals surface area (Å²) in [5.74, 6) is 0.959. The zero-order chi connectivity index (χ0) is 13.0. The molecule has 0 aliphatic heterocycles. The summed E-state index contributed by atoms with van der Waals surface area (Å²) in [4.78, 5) is 19.7. The van der Waals surface area contributed by atoms with Crippen molar-refractivity contribution in [3.63, 3.8) is 0 Å². The van der Waals surface area contributed by atoms with Gasteiger partial charge in [-0.05, 0) is 13.8 Å². The van der Waals surface area contributed by atoms with Crippen molar-refractivity contribution < 1.29 is 14.3 Å². The van der Waals surface area contributed by atoms with Crippen molar-refractivity contribution in [1.29, 1.82) is 0 Å². The Morgan fingerprint density at radius 1 is 1.29 bits per heavy atom. The maximum Gasteiger partial charge on any atom is 0.343 e. The van der Waals surface area contributed by atoms with Gasteiger partial charge in [-0.3, -0.25) is 0 Å². The Kier molecular flexibility index (Phi) is 4.43. The van der Waals surface area contributed by atoms with Gasteiger partial charge >= 0.3 is 5.97 Å². The molecule has 17 heavy (non-hydrogen) atoms. The summed E-state index contributed by atoms with van der Waals surface area (Å²) in [6, 6.07) is 0. The minimum absolute atomic E-state index is 0.134. The Morgan fingerprint density at radius 3 is 2.47 bits per heavy atom. The van der Waals surface area contributed by atoms with Crippen LogP contribution in [0.2, 0.25) is 0 Å². The molecule has 0 spiro atoms. The molecule has 5 heteroatoms. The summed E-state index contributed by atoms with van der Waals surface area (Å²) in [6.45, 7) is 7.65. The number of aromatic nitrogens is 2. The van der Waals surface area contributed by atoms with Gasteiger partial charge in [0.05, 0.1) is 7.11 Å². The van der Waals surface area contributed by atoms with Crippen molar-refractivity contribution >= 4 is 5.97 Å². The first-order valence-corrected chi connectivity index (χ1v) is 5.50. The van der Waals surface area contributed by atoms with Crippen LogP contribution in [0.15, 0.2) is 0 Å². The van der Waals surface area contributed by atoms with Crippen LogP contribution in [0.4, 0.5) is 0 Å². The summed E-state index contributed by atoms with van der Waals surface area (Å²) in [6.07, 6.45) is 0. The Labute approximate surface area is 101 Å². The van der Waals surface area contributed by atoms with Crippen LogP contribution in [0.5, 0.6) is 5.88 Å². The van der Waals surface area contributed by atoms with E-state index in [1.165, 1.54) is 7.11 Å². The summed E-state index contributed by atoms with van der Waals surface area (Å²) in [5.41, 5.74) is 1.71. The van der Waals surface area contributed by atoms with Crippen molar-refractivity contribution in [1.82, 2.24) is 9.97 Å². The Bertz CT molecular complexity index is 416. The van der Waals surface area contributed by atoms with Crippen LogP contribution in [0.25, 0.3) is 0 Å². The highest BCUT2D eigenvalue weighted by atomic mass is 16.6. The largest absolute Gasteiger partial charge is 0.466 e. The summed E-state index contributed by atoms with van der Waals surface area (Å²) >= 11 is 0. The van der Waals surface area contributed by atoms with E-state index in [1.54, 1.807) is 0 Å². The number of hydrogen-bond donors (Lipinski definition) is 0. The maximum absolute atomic E-state index is 11.0. The molecule has 0 aromatic carbocycles. The third-order valence-electron chi connectivity index (χ3n) is 2.43. The predicted octanol–water partition coefficient (Wildman–Crippen LogP) is 1.77. The first-order chi connectivity index (χ1) is 7.95. The van der Waals surface area contributed by atoms with Crippen molar-refractivity contribution in [3.8, 4) is 5.88 Å².